The molecule has 0 aromatic heterocycles. The highest BCUT2D eigenvalue weighted by Gasteiger charge is 2.28. The Balaban J connectivity index is 2.09. The molecule has 1 saturated heterocycles. The first-order chi connectivity index (χ1) is 7.01. The third-order valence-electron chi connectivity index (χ3n) is 2.44. The van der Waals surface area contributed by atoms with Crippen LogP contribution in [0.15, 0.2) is 0 Å². The van der Waals surface area contributed by atoms with Crippen LogP contribution in [0.1, 0.15) is 13.3 Å². The summed E-state index contributed by atoms with van der Waals surface area (Å²) in [6.45, 7) is 5.30. The van der Waals surface area contributed by atoms with Gasteiger partial charge in [-0.2, -0.15) is 13.2 Å². The number of alkyl halides is 3. The van der Waals surface area contributed by atoms with Crippen molar-refractivity contribution in [2.75, 3.05) is 31.9 Å². The Morgan fingerprint density at radius 3 is 2.80 bits per heavy atom. The van der Waals surface area contributed by atoms with Gasteiger partial charge in [0.2, 0.25) is 0 Å². The predicted molar refractivity (Wildman–Crippen MR) is 57.0 cm³/mol. The first-order valence-electron chi connectivity index (χ1n) is 5.17. The number of nitrogens with one attached hydrogen (secondary N) is 1. The fraction of sp³-hybridized carbons (Fsp3) is 1.00. The Morgan fingerprint density at radius 1 is 1.47 bits per heavy atom. The first-order valence-corrected chi connectivity index (χ1v) is 6.16. The lowest BCUT2D eigenvalue weighted by Crippen LogP contribution is -2.33. The number of likely N-dealkylation sites (N-methyl/N-ethyl adjacent to an activating group) is 1. The maximum Gasteiger partial charge on any atom is 0.441 e. The lowest BCUT2D eigenvalue weighted by molar-refractivity contribution is -0.0328. The molecule has 1 atom stereocenters. The SMILES string of the molecule is CCNC1CCN(CCSC(F)(F)F)C1. The molecule has 0 aromatic carbocycles. The Bertz CT molecular complexity index is 187. The molecule has 1 aliphatic heterocycles. The summed E-state index contributed by atoms with van der Waals surface area (Å²) < 4.78 is 35.6. The molecule has 1 unspecified atom stereocenters. The highest BCUT2D eigenvalue weighted by molar-refractivity contribution is 8.00. The lowest BCUT2D eigenvalue weighted by Gasteiger charge is -2.16. The second-order valence-electron chi connectivity index (χ2n) is 3.64. The van der Waals surface area contributed by atoms with Gasteiger partial charge in [0.1, 0.15) is 0 Å². The molecule has 0 amide bonds. The number of likely N-dealkylation sites (tertiary alicyclic amines) is 1. The van der Waals surface area contributed by atoms with Gasteiger partial charge in [-0.15, -0.1) is 0 Å². The summed E-state index contributed by atoms with van der Waals surface area (Å²) in [6.07, 6.45) is 1.05. The molecule has 0 radical (unpaired) electrons. The molecule has 1 aliphatic rings. The summed E-state index contributed by atoms with van der Waals surface area (Å²) >= 11 is 0.0729. The van der Waals surface area contributed by atoms with Crippen LogP contribution in [0.2, 0.25) is 0 Å². The molecular weight excluding hydrogens is 225 g/mol. The lowest BCUT2D eigenvalue weighted by atomic mass is 10.3. The summed E-state index contributed by atoms with van der Waals surface area (Å²) in [5.41, 5.74) is -4.08. The van der Waals surface area contributed by atoms with E-state index < -0.39 is 5.51 Å². The van der Waals surface area contributed by atoms with Crippen LogP contribution >= 0.6 is 11.8 Å². The van der Waals surface area contributed by atoms with Gasteiger partial charge in [0, 0.05) is 24.9 Å². The van der Waals surface area contributed by atoms with E-state index in [1.807, 2.05) is 6.92 Å². The number of hydrogen-bond acceptors (Lipinski definition) is 3. The van der Waals surface area contributed by atoms with Gasteiger partial charge >= 0.3 is 5.51 Å². The fourth-order valence-electron chi connectivity index (χ4n) is 1.78. The van der Waals surface area contributed by atoms with Gasteiger partial charge in [0.25, 0.3) is 0 Å². The summed E-state index contributed by atoms with van der Waals surface area (Å²) in [7, 11) is 0. The Labute approximate surface area is 92.6 Å². The molecule has 1 heterocycles. The largest absolute Gasteiger partial charge is 0.441 e. The fourth-order valence-corrected chi connectivity index (χ4v) is 2.36. The van der Waals surface area contributed by atoms with Crippen LogP contribution in [0.5, 0.6) is 0 Å². The van der Waals surface area contributed by atoms with Crippen LogP contribution in [-0.4, -0.2) is 48.4 Å². The van der Waals surface area contributed by atoms with E-state index >= 15 is 0 Å². The van der Waals surface area contributed by atoms with Crippen LogP contribution in [0.4, 0.5) is 13.2 Å². The van der Waals surface area contributed by atoms with Crippen molar-refractivity contribution in [2.24, 2.45) is 0 Å². The van der Waals surface area contributed by atoms with E-state index in [2.05, 4.69) is 10.2 Å². The van der Waals surface area contributed by atoms with E-state index in [-0.39, 0.29) is 17.5 Å². The molecule has 1 rings (SSSR count). The maximum absolute atomic E-state index is 11.9. The molecule has 15 heavy (non-hydrogen) atoms. The summed E-state index contributed by atoms with van der Waals surface area (Å²) in [6, 6.07) is 0.464. The maximum atomic E-state index is 11.9. The van der Waals surface area contributed by atoms with Crippen molar-refractivity contribution in [1.29, 1.82) is 0 Å². The molecule has 2 nitrogen and oxygen atoms in total. The van der Waals surface area contributed by atoms with E-state index in [0.717, 1.165) is 26.1 Å². The number of thioether (sulfide) groups is 1. The summed E-state index contributed by atoms with van der Waals surface area (Å²) in [4.78, 5) is 2.09. The molecule has 6 heteroatoms. The van der Waals surface area contributed by atoms with Crippen molar-refractivity contribution in [3.63, 3.8) is 0 Å². The average Bonchev–Trinajstić information content (AvgIpc) is 2.51. The monoisotopic (exact) mass is 242 g/mol. The van der Waals surface area contributed by atoms with E-state index in [9.17, 15) is 13.2 Å². The van der Waals surface area contributed by atoms with Crippen molar-refractivity contribution >= 4 is 11.8 Å². The van der Waals surface area contributed by atoms with Crippen LogP contribution in [0, 0.1) is 0 Å². The normalized spacial score (nSPS) is 23.6. The molecule has 0 spiro atoms. The third-order valence-corrected chi connectivity index (χ3v) is 3.15. The number of halogens is 3. The van der Waals surface area contributed by atoms with Crippen LogP contribution in [0.3, 0.4) is 0 Å². The van der Waals surface area contributed by atoms with Gasteiger partial charge in [-0.1, -0.05) is 6.92 Å². The van der Waals surface area contributed by atoms with Crippen molar-refractivity contribution in [3.8, 4) is 0 Å². The molecule has 90 valence electrons. The third kappa shape index (κ3) is 5.63. The minimum absolute atomic E-state index is 0.0729. The van der Waals surface area contributed by atoms with Crippen LogP contribution in [0.25, 0.3) is 0 Å². The highest BCUT2D eigenvalue weighted by Crippen LogP contribution is 2.30. The standard InChI is InChI=1S/C9H17F3N2S/c1-2-13-8-3-4-14(7-8)5-6-15-9(10,11)12/h8,13H,2-7H2,1H3. The van der Waals surface area contributed by atoms with Gasteiger partial charge in [-0.25, -0.2) is 0 Å². The van der Waals surface area contributed by atoms with Gasteiger partial charge < -0.3 is 10.2 Å². The topological polar surface area (TPSA) is 15.3 Å². The molecular formula is C9H17F3N2S. The van der Waals surface area contributed by atoms with E-state index in [1.54, 1.807) is 0 Å². The van der Waals surface area contributed by atoms with E-state index in [1.165, 1.54) is 0 Å². The number of hydrogen-bond donors (Lipinski definition) is 1. The van der Waals surface area contributed by atoms with Crippen molar-refractivity contribution < 1.29 is 13.2 Å². The number of rotatable bonds is 5. The first kappa shape index (κ1) is 13.1. The Morgan fingerprint density at radius 2 is 2.20 bits per heavy atom. The summed E-state index contributed by atoms with van der Waals surface area (Å²) in [5, 5.41) is 3.31. The van der Waals surface area contributed by atoms with E-state index in [0.29, 0.717) is 12.6 Å². The summed E-state index contributed by atoms with van der Waals surface area (Å²) in [5.74, 6) is 0.141. The van der Waals surface area contributed by atoms with Crippen molar-refractivity contribution in [3.05, 3.63) is 0 Å². The molecule has 0 saturated carbocycles. The van der Waals surface area contributed by atoms with Crippen molar-refractivity contribution in [1.82, 2.24) is 10.2 Å². The van der Waals surface area contributed by atoms with Crippen LogP contribution < -0.4 is 5.32 Å². The second-order valence-corrected chi connectivity index (χ2v) is 4.80. The Hall–Kier alpha value is 0.0600. The van der Waals surface area contributed by atoms with Crippen LogP contribution in [-0.2, 0) is 0 Å². The highest BCUT2D eigenvalue weighted by atomic mass is 32.2. The molecule has 1 N–H and O–H groups in total. The van der Waals surface area contributed by atoms with Crippen molar-refractivity contribution in [2.45, 2.75) is 24.9 Å². The quantitative estimate of drug-likeness (QED) is 0.793. The zero-order valence-corrected chi connectivity index (χ0v) is 9.63. The van der Waals surface area contributed by atoms with Gasteiger partial charge in [0.15, 0.2) is 0 Å². The molecule has 0 aliphatic carbocycles. The zero-order chi connectivity index (χ0) is 11.3. The second kappa shape index (κ2) is 5.96. The van der Waals surface area contributed by atoms with E-state index in [4.69, 9.17) is 0 Å². The smallest absolute Gasteiger partial charge is 0.313 e. The Kier molecular flexibility index (Phi) is 5.22. The molecule has 0 bridgehead atoms. The minimum Gasteiger partial charge on any atom is -0.313 e. The molecule has 1 fully saturated rings. The average molecular weight is 242 g/mol. The van der Waals surface area contributed by atoms with Gasteiger partial charge in [0.05, 0.1) is 0 Å². The molecule has 0 aromatic rings. The number of nitrogens with zero attached hydrogens (tertiary/aromatic N) is 1. The van der Waals surface area contributed by atoms with Gasteiger partial charge in [-0.05, 0) is 31.3 Å². The zero-order valence-electron chi connectivity index (χ0n) is 8.81. The van der Waals surface area contributed by atoms with Gasteiger partial charge in [-0.3, -0.25) is 0 Å². The minimum atomic E-state index is -4.08. The predicted octanol–water partition coefficient (Wildman–Crippen LogP) is 1.92.